The van der Waals surface area contributed by atoms with Crippen molar-refractivity contribution >= 4 is 0 Å². The van der Waals surface area contributed by atoms with Gasteiger partial charge >= 0.3 is 0 Å². The number of hydrogen-bond donors (Lipinski definition) is 1. The summed E-state index contributed by atoms with van der Waals surface area (Å²) in [5, 5.41) is 0. The highest BCUT2D eigenvalue weighted by molar-refractivity contribution is 5.43. The summed E-state index contributed by atoms with van der Waals surface area (Å²) in [6.07, 6.45) is 4.57. The second-order valence-electron chi connectivity index (χ2n) is 4.54. The van der Waals surface area contributed by atoms with Crippen molar-refractivity contribution in [2.45, 2.75) is 19.9 Å². The van der Waals surface area contributed by atoms with E-state index in [9.17, 15) is 0 Å². The van der Waals surface area contributed by atoms with E-state index in [-0.39, 0.29) is 0 Å². The summed E-state index contributed by atoms with van der Waals surface area (Å²) in [6.45, 7) is 3.94. The van der Waals surface area contributed by atoms with E-state index in [2.05, 4.69) is 9.55 Å². The fourth-order valence-corrected chi connectivity index (χ4v) is 2.05. The van der Waals surface area contributed by atoms with Crippen LogP contribution in [0.1, 0.15) is 11.4 Å². The first kappa shape index (κ1) is 14.4. The molecule has 0 atom stereocenters. The van der Waals surface area contributed by atoms with Crippen LogP contribution in [0.5, 0.6) is 11.5 Å². The van der Waals surface area contributed by atoms with Crippen molar-refractivity contribution in [2.75, 3.05) is 20.3 Å². The smallest absolute Gasteiger partial charge is 0.161 e. The number of rotatable bonds is 7. The molecule has 0 amide bonds. The largest absolute Gasteiger partial charge is 0.493 e. The van der Waals surface area contributed by atoms with Crippen LogP contribution in [-0.2, 0) is 13.0 Å². The highest BCUT2D eigenvalue weighted by Gasteiger charge is 2.06. The van der Waals surface area contributed by atoms with Gasteiger partial charge < -0.3 is 19.8 Å². The predicted octanol–water partition coefficient (Wildman–Crippen LogP) is 1.78. The van der Waals surface area contributed by atoms with E-state index in [1.165, 1.54) is 0 Å². The fraction of sp³-hybridized carbons (Fsp3) is 0.400. The monoisotopic (exact) mass is 275 g/mol. The van der Waals surface area contributed by atoms with Crippen LogP contribution in [0.4, 0.5) is 0 Å². The van der Waals surface area contributed by atoms with E-state index in [1.807, 2.05) is 31.3 Å². The Morgan fingerprint density at radius 2 is 2.15 bits per heavy atom. The molecule has 0 spiro atoms. The number of benzene rings is 1. The van der Waals surface area contributed by atoms with Crippen LogP contribution in [0.3, 0.4) is 0 Å². The maximum atomic E-state index is 5.78. The first-order chi connectivity index (χ1) is 9.74. The first-order valence-corrected chi connectivity index (χ1v) is 6.72. The number of hydrogen-bond acceptors (Lipinski definition) is 4. The number of nitrogens with zero attached hydrogens (tertiary/aromatic N) is 2. The Morgan fingerprint density at radius 1 is 1.30 bits per heavy atom. The van der Waals surface area contributed by atoms with Crippen LogP contribution >= 0.6 is 0 Å². The zero-order valence-corrected chi connectivity index (χ0v) is 12.0. The minimum Gasteiger partial charge on any atom is -0.493 e. The number of methoxy groups -OCH3 is 1. The number of ether oxygens (including phenoxy) is 2. The lowest BCUT2D eigenvalue weighted by atomic mass is 10.1. The van der Waals surface area contributed by atoms with Gasteiger partial charge in [-0.1, -0.05) is 6.07 Å². The minimum absolute atomic E-state index is 0.573. The standard InChI is InChI=1S/C15H21N3O2/c1-12-17-7-8-18(12)9-10-20-14-4-3-13(5-6-16)11-15(14)19-2/h3-4,7-8,11H,5-6,9-10,16H2,1-2H3. The zero-order chi connectivity index (χ0) is 14.4. The predicted molar refractivity (Wildman–Crippen MR) is 78.2 cm³/mol. The Morgan fingerprint density at radius 3 is 2.80 bits per heavy atom. The van der Waals surface area contributed by atoms with Crippen LogP contribution in [0.25, 0.3) is 0 Å². The molecule has 2 rings (SSSR count). The number of nitrogens with two attached hydrogens (primary N) is 1. The highest BCUT2D eigenvalue weighted by atomic mass is 16.5. The van der Waals surface area contributed by atoms with Crippen molar-refractivity contribution in [3.63, 3.8) is 0 Å². The quantitative estimate of drug-likeness (QED) is 0.836. The van der Waals surface area contributed by atoms with Crippen molar-refractivity contribution in [1.82, 2.24) is 9.55 Å². The lowest BCUT2D eigenvalue weighted by Crippen LogP contribution is -2.09. The summed E-state index contributed by atoms with van der Waals surface area (Å²) >= 11 is 0. The molecule has 0 saturated carbocycles. The van der Waals surface area contributed by atoms with Gasteiger partial charge in [0.15, 0.2) is 11.5 Å². The Bertz CT molecular complexity index is 552. The molecular weight excluding hydrogens is 254 g/mol. The molecule has 5 heteroatoms. The Hall–Kier alpha value is -2.01. The molecule has 1 aromatic carbocycles. The molecule has 0 unspecified atom stereocenters. The molecule has 2 N–H and O–H groups in total. The van der Waals surface area contributed by atoms with Crippen molar-refractivity contribution in [3.05, 3.63) is 42.0 Å². The molecule has 0 aliphatic carbocycles. The van der Waals surface area contributed by atoms with Crippen LogP contribution in [0.15, 0.2) is 30.6 Å². The molecule has 1 aromatic heterocycles. The van der Waals surface area contributed by atoms with Gasteiger partial charge in [-0.2, -0.15) is 0 Å². The van der Waals surface area contributed by atoms with Crippen molar-refractivity contribution < 1.29 is 9.47 Å². The van der Waals surface area contributed by atoms with Crippen molar-refractivity contribution in [1.29, 1.82) is 0 Å². The molecule has 1 heterocycles. The molecule has 2 aromatic rings. The molecule has 5 nitrogen and oxygen atoms in total. The Kier molecular flexibility index (Phi) is 5.01. The SMILES string of the molecule is COc1cc(CCN)ccc1OCCn1ccnc1C. The summed E-state index contributed by atoms with van der Waals surface area (Å²) in [7, 11) is 1.65. The van der Waals surface area contributed by atoms with Crippen LogP contribution in [-0.4, -0.2) is 29.8 Å². The average molecular weight is 275 g/mol. The van der Waals surface area contributed by atoms with Crippen molar-refractivity contribution in [2.24, 2.45) is 5.73 Å². The van der Waals surface area contributed by atoms with Gasteiger partial charge in [-0.15, -0.1) is 0 Å². The maximum Gasteiger partial charge on any atom is 0.161 e. The van der Waals surface area contributed by atoms with Crippen molar-refractivity contribution in [3.8, 4) is 11.5 Å². The van der Waals surface area contributed by atoms with E-state index < -0.39 is 0 Å². The summed E-state index contributed by atoms with van der Waals surface area (Å²) in [5.41, 5.74) is 6.71. The molecule has 0 fully saturated rings. The third-order valence-electron chi connectivity index (χ3n) is 3.17. The third kappa shape index (κ3) is 3.51. The highest BCUT2D eigenvalue weighted by Crippen LogP contribution is 2.28. The summed E-state index contributed by atoms with van der Waals surface area (Å²) in [4.78, 5) is 4.18. The number of aryl methyl sites for hydroxylation is 1. The molecule has 0 aliphatic rings. The summed E-state index contributed by atoms with van der Waals surface area (Å²) in [6, 6.07) is 5.93. The normalized spacial score (nSPS) is 10.6. The second-order valence-corrected chi connectivity index (χ2v) is 4.54. The lowest BCUT2D eigenvalue weighted by Gasteiger charge is -2.12. The van der Waals surface area contributed by atoms with Gasteiger partial charge in [0.1, 0.15) is 12.4 Å². The fourth-order valence-electron chi connectivity index (χ4n) is 2.05. The lowest BCUT2D eigenvalue weighted by molar-refractivity contribution is 0.278. The molecule has 0 saturated heterocycles. The van der Waals surface area contributed by atoms with Crippen LogP contribution in [0, 0.1) is 6.92 Å². The van der Waals surface area contributed by atoms with Gasteiger partial charge in [0.25, 0.3) is 0 Å². The average Bonchev–Trinajstić information content (AvgIpc) is 2.86. The van der Waals surface area contributed by atoms with E-state index in [1.54, 1.807) is 13.3 Å². The Balaban J connectivity index is 1.96. The minimum atomic E-state index is 0.573. The van der Waals surface area contributed by atoms with Gasteiger partial charge in [-0.3, -0.25) is 0 Å². The van der Waals surface area contributed by atoms with E-state index in [0.29, 0.717) is 13.2 Å². The molecule has 0 radical (unpaired) electrons. The molecule has 0 aliphatic heterocycles. The maximum absolute atomic E-state index is 5.78. The summed E-state index contributed by atoms with van der Waals surface area (Å²) in [5.74, 6) is 2.49. The topological polar surface area (TPSA) is 62.3 Å². The van der Waals surface area contributed by atoms with Gasteiger partial charge in [0, 0.05) is 12.4 Å². The van der Waals surface area contributed by atoms with Crippen LogP contribution in [0.2, 0.25) is 0 Å². The molecular formula is C15H21N3O2. The van der Waals surface area contributed by atoms with Gasteiger partial charge in [-0.25, -0.2) is 4.98 Å². The van der Waals surface area contributed by atoms with E-state index in [4.69, 9.17) is 15.2 Å². The van der Waals surface area contributed by atoms with Gasteiger partial charge in [0.05, 0.1) is 13.7 Å². The number of aromatic nitrogens is 2. The molecule has 108 valence electrons. The Labute approximate surface area is 119 Å². The van der Waals surface area contributed by atoms with E-state index >= 15 is 0 Å². The number of imidazole rings is 1. The summed E-state index contributed by atoms with van der Waals surface area (Å²) < 4.78 is 13.2. The van der Waals surface area contributed by atoms with Gasteiger partial charge in [0.2, 0.25) is 0 Å². The van der Waals surface area contributed by atoms with E-state index in [0.717, 1.165) is 35.9 Å². The third-order valence-corrected chi connectivity index (χ3v) is 3.17. The first-order valence-electron chi connectivity index (χ1n) is 6.72. The van der Waals surface area contributed by atoms with Gasteiger partial charge in [-0.05, 0) is 37.6 Å². The molecule has 20 heavy (non-hydrogen) atoms. The van der Waals surface area contributed by atoms with Crippen LogP contribution < -0.4 is 15.2 Å². The zero-order valence-electron chi connectivity index (χ0n) is 12.0. The molecule has 0 bridgehead atoms. The second kappa shape index (κ2) is 6.96.